The minimum atomic E-state index is -0.233. The number of ether oxygens (including phenoxy) is 2. The van der Waals surface area contributed by atoms with E-state index in [0.29, 0.717) is 17.9 Å². The molecule has 162 valence electrons. The second kappa shape index (κ2) is 8.38. The topological polar surface area (TPSA) is 72.5 Å². The lowest BCUT2D eigenvalue weighted by Gasteiger charge is -2.30. The number of carbonyl (C=O) groups is 1. The van der Waals surface area contributed by atoms with Crippen LogP contribution < -0.4 is 20.1 Å². The second-order valence-corrected chi connectivity index (χ2v) is 8.06. The lowest BCUT2D eigenvalue weighted by atomic mass is 9.78. The third-order valence-electron chi connectivity index (χ3n) is 6.23. The number of pyridine rings is 1. The fourth-order valence-corrected chi connectivity index (χ4v) is 4.64. The first-order valence-corrected chi connectivity index (χ1v) is 10.7. The second-order valence-electron chi connectivity index (χ2n) is 8.06. The third-order valence-corrected chi connectivity index (χ3v) is 6.23. The molecule has 2 atom stereocenters. The summed E-state index contributed by atoms with van der Waals surface area (Å²) in [6.07, 6.45) is 4.70. The number of hydrogen-bond acceptors (Lipinski definition) is 6. The standard InChI is InChI=1S/C26H25N3O3/c1-31-23-8-7-17(15-24(23)32-2)18-13-21-25(22(30)14-18)26(16-9-11-27-12-10-16)29-20-6-4-3-5-19(20)28-21/h3-12,15,18,26,28-29H,13-14H2,1-2H3/t18-,26-/m0/s1. The van der Waals surface area contributed by atoms with E-state index >= 15 is 0 Å². The summed E-state index contributed by atoms with van der Waals surface area (Å²) in [5.41, 5.74) is 5.78. The lowest BCUT2D eigenvalue weighted by Crippen LogP contribution is -2.26. The molecule has 5 rings (SSSR count). The van der Waals surface area contributed by atoms with Gasteiger partial charge < -0.3 is 20.1 Å². The van der Waals surface area contributed by atoms with Gasteiger partial charge in [0.15, 0.2) is 17.3 Å². The Kier molecular flexibility index (Phi) is 5.27. The Balaban J connectivity index is 1.57. The smallest absolute Gasteiger partial charge is 0.163 e. The fourth-order valence-electron chi connectivity index (χ4n) is 4.64. The van der Waals surface area contributed by atoms with Crippen molar-refractivity contribution in [3.63, 3.8) is 0 Å². The molecule has 0 saturated carbocycles. The Labute approximate surface area is 187 Å². The molecule has 3 aromatic rings. The molecule has 0 amide bonds. The molecule has 32 heavy (non-hydrogen) atoms. The van der Waals surface area contributed by atoms with Crippen molar-refractivity contribution in [1.29, 1.82) is 0 Å². The molecule has 6 heteroatoms. The predicted octanol–water partition coefficient (Wildman–Crippen LogP) is 5.08. The number of aromatic nitrogens is 1. The number of rotatable bonds is 4. The van der Waals surface area contributed by atoms with Crippen molar-refractivity contribution in [1.82, 2.24) is 4.98 Å². The number of ketones is 1. The minimum absolute atomic E-state index is 0.0527. The number of hydrogen-bond donors (Lipinski definition) is 2. The number of para-hydroxylation sites is 2. The Bertz CT molecular complexity index is 1190. The number of allylic oxidation sites excluding steroid dienone is 1. The van der Waals surface area contributed by atoms with Gasteiger partial charge in [0.2, 0.25) is 0 Å². The molecule has 0 spiro atoms. The molecule has 0 fully saturated rings. The van der Waals surface area contributed by atoms with Crippen LogP contribution in [0.2, 0.25) is 0 Å². The summed E-state index contributed by atoms with van der Waals surface area (Å²) in [6.45, 7) is 0. The number of benzene rings is 2. The zero-order valence-corrected chi connectivity index (χ0v) is 18.1. The molecular weight excluding hydrogens is 402 g/mol. The van der Waals surface area contributed by atoms with E-state index in [0.717, 1.165) is 40.2 Å². The van der Waals surface area contributed by atoms with Crippen LogP contribution in [0.5, 0.6) is 11.5 Å². The largest absolute Gasteiger partial charge is 0.493 e. The molecular formula is C26H25N3O3. The van der Waals surface area contributed by atoms with Crippen molar-refractivity contribution in [3.8, 4) is 11.5 Å². The van der Waals surface area contributed by atoms with Crippen molar-refractivity contribution in [3.05, 3.63) is 89.4 Å². The number of fused-ring (bicyclic) bond motifs is 1. The van der Waals surface area contributed by atoms with E-state index in [1.165, 1.54) is 0 Å². The number of Topliss-reactive ketones (excluding diaryl/α,β-unsaturated/α-hetero) is 1. The zero-order valence-electron chi connectivity index (χ0n) is 18.1. The molecule has 0 bridgehead atoms. The normalized spacial score (nSPS) is 19.8. The number of carbonyl (C=O) groups excluding carboxylic acids is 1. The predicted molar refractivity (Wildman–Crippen MR) is 124 cm³/mol. The molecule has 1 aliphatic heterocycles. The van der Waals surface area contributed by atoms with E-state index in [1.807, 2.05) is 54.6 Å². The summed E-state index contributed by atoms with van der Waals surface area (Å²) in [5, 5.41) is 7.15. The molecule has 0 unspecified atom stereocenters. The van der Waals surface area contributed by atoms with Crippen molar-refractivity contribution in [2.24, 2.45) is 0 Å². The summed E-state index contributed by atoms with van der Waals surface area (Å²) in [5.74, 6) is 1.55. The van der Waals surface area contributed by atoms with Gasteiger partial charge in [-0.1, -0.05) is 18.2 Å². The lowest BCUT2D eigenvalue weighted by molar-refractivity contribution is -0.116. The molecule has 2 N–H and O–H groups in total. The van der Waals surface area contributed by atoms with E-state index in [4.69, 9.17) is 9.47 Å². The summed E-state index contributed by atoms with van der Waals surface area (Å²) >= 11 is 0. The van der Waals surface area contributed by atoms with E-state index in [2.05, 4.69) is 15.6 Å². The SMILES string of the molecule is COc1ccc([C@@H]2CC(=O)C3=C(C2)Nc2ccccc2N[C@H]3c2ccncc2)cc1OC. The molecule has 2 aromatic carbocycles. The van der Waals surface area contributed by atoms with E-state index in [1.54, 1.807) is 26.6 Å². The van der Waals surface area contributed by atoms with Crippen molar-refractivity contribution in [2.45, 2.75) is 24.8 Å². The van der Waals surface area contributed by atoms with E-state index in [9.17, 15) is 4.79 Å². The molecule has 6 nitrogen and oxygen atoms in total. The summed E-state index contributed by atoms with van der Waals surface area (Å²) < 4.78 is 10.9. The third kappa shape index (κ3) is 3.58. The summed E-state index contributed by atoms with van der Waals surface area (Å²) in [4.78, 5) is 17.7. The maximum Gasteiger partial charge on any atom is 0.163 e. The van der Waals surface area contributed by atoms with Gasteiger partial charge in [-0.2, -0.15) is 0 Å². The average Bonchev–Trinajstić information content (AvgIpc) is 3.01. The zero-order chi connectivity index (χ0) is 22.1. The molecule has 2 heterocycles. The maximum absolute atomic E-state index is 13.6. The van der Waals surface area contributed by atoms with Gasteiger partial charge in [-0.05, 0) is 59.9 Å². The van der Waals surface area contributed by atoms with Gasteiger partial charge in [-0.25, -0.2) is 0 Å². The highest BCUT2D eigenvalue weighted by Gasteiger charge is 2.36. The summed E-state index contributed by atoms with van der Waals surface area (Å²) in [7, 11) is 3.25. The molecule has 1 aromatic heterocycles. The van der Waals surface area contributed by atoms with Gasteiger partial charge in [0, 0.05) is 30.1 Å². The number of methoxy groups -OCH3 is 2. The first-order chi connectivity index (χ1) is 15.7. The van der Waals surface area contributed by atoms with Gasteiger partial charge in [0.25, 0.3) is 0 Å². The Hall–Kier alpha value is -3.80. The minimum Gasteiger partial charge on any atom is -0.493 e. The van der Waals surface area contributed by atoms with Crippen molar-refractivity contribution >= 4 is 17.2 Å². The van der Waals surface area contributed by atoms with Crippen LogP contribution in [0.1, 0.15) is 35.9 Å². The molecule has 2 aliphatic rings. The number of anilines is 2. The van der Waals surface area contributed by atoms with Crippen LogP contribution >= 0.6 is 0 Å². The van der Waals surface area contributed by atoms with Crippen LogP contribution in [-0.2, 0) is 4.79 Å². The van der Waals surface area contributed by atoms with Crippen LogP contribution in [-0.4, -0.2) is 25.0 Å². The maximum atomic E-state index is 13.6. The number of nitrogens with zero attached hydrogens (tertiary/aromatic N) is 1. The van der Waals surface area contributed by atoms with Gasteiger partial charge in [-0.3, -0.25) is 9.78 Å². The van der Waals surface area contributed by atoms with Crippen molar-refractivity contribution in [2.75, 3.05) is 24.9 Å². The van der Waals surface area contributed by atoms with Gasteiger partial charge in [0.1, 0.15) is 0 Å². The highest BCUT2D eigenvalue weighted by Crippen LogP contribution is 2.45. The quantitative estimate of drug-likeness (QED) is 0.605. The van der Waals surface area contributed by atoms with E-state index < -0.39 is 0 Å². The molecule has 0 saturated heterocycles. The molecule has 1 aliphatic carbocycles. The Morgan fingerprint density at radius 2 is 1.62 bits per heavy atom. The fraction of sp³-hybridized carbons (Fsp3) is 0.231. The monoisotopic (exact) mass is 427 g/mol. The van der Waals surface area contributed by atoms with E-state index in [-0.39, 0.29) is 17.7 Å². The summed E-state index contributed by atoms with van der Waals surface area (Å²) in [6, 6.07) is 17.7. The number of nitrogens with one attached hydrogen (secondary N) is 2. The first kappa shape index (κ1) is 20.1. The van der Waals surface area contributed by atoms with Crippen LogP contribution in [0.3, 0.4) is 0 Å². The van der Waals surface area contributed by atoms with Crippen LogP contribution in [0, 0.1) is 0 Å². The highest BCUT2D eigenvalue weighted by molar-refractivity contribution is 6.01. The molecule has 0 radical (unpaired) electrons. The van der Waals surface area contributed by atoms with Crippen molar-refractivity contribution < 1.29 is 14.3 Å². The van der Waals surface area contributed by atoms with Crippen LogP contribution in [0.25, 0.3) is 0 Å². The highest BCUT2D eigenvalue weighted by atomic mass is 16.5. The Morgan fingerprint density at radius 3 is 2.38 bits per heavy atom. The average molecular weight is 428 g/mol. The van der Waals surface area contributed by atoms with Gasteiger partial charge >= 0.3 is 0 Å². The van der Waals surface area contributed by atoms with Gasteiger partial charge in [0.05, 0.1) is 31.6 Å². The van der Waals surface area contributed by atoms with Crippen LogP contribution in [0.4, 0.5) is 11.4 Å². The van der Waals surface area contributed by atoms with Crippen LogP contribution in [0.15, 0.2) is 78.3 Å². The first-order valence-electron chi connectivity index (χ1n) is 10.7. The Morgan fingerprint density at radius 1 is 0.875 bits per heavy atom. The van der Waals surface area contributed by atoms with Gasteiger partial charge in [-0.15, -0.1) is 0 Å².